The van der Waals surface area contributed by atoms with E-state index in [1.165, 1.54) is 21.4 Å². The minimum Gasteiger partial charge on any atom is -0.240 e. The highest BCUT2D eigenvalue weighted by Crippen LogP contribution is 2.36. The Morgan fingerprint density at radius 3 is 2.60 bits per heavy atom. The lowest BCUT2D eigenvalue weighted by Crippen LogP contribution is -1.92. The molecule has 0 atom stereocenters. The highest BCUT2D eigenvalue weighted by molar-refractivity contribution is 7.98. The van der Waals surface area contributed by atoms with Crippen LogP contribution in [0.1, 0.15) is 22.0 Å². The van der Waals surface area contributed by atoms with Crippen molar-refractivity contribution in [1.29, 1.82) is 0 Å². The van der Waals surface area contributed by atoms with Crippen LogP contribution in [-0.2, 0) is 5.75 Å². The summed E-state index contributed by atoms with van der Waals surface area (Å²) in [5.74, 6) is 1.66. The number of rotatable bonds is 4. The number of aromatic nitrogens is 3. The van der Waals surface area contributed by atoms with Gasteiger partial charge >= 0.3 is 0 Å². The van der Waals surface area contributed by atoms with Gasteiger partial charge in [-0.3, -0.25) is 0 Å². The van der Waals surface area contributed by atoms with Gasteiger partial charge < -0.3 is 0 Å². The van der Waals surface area contributed by atoms with E-state index in [2.05, 4.69) is 41.3 Å². The molecule has 0 N–H and O–H groups in total. The zero-order valence-corrected chi connectivity index (χ0v) is 16.7. The third kappa shape index (κ3) is 3.34. The molecule has 0 saturated carbocycles. The fourth-order valence-electron chi connectivity index (χ4n) is 2.65. The van der Waals surface area contributed by atoms with Crippen molar-refractivity contribution >= 4 is 44.7 Å². The van der Waals surface area contributed by atoms with Crippen LogP contribution in [0, 0.1) is 20.8 Å². The molecule has 3 heterocycles. The first-order valence-corrected chi connectivity index (χ1v) is 10.7. The van der Waals surface area contributed by atoms with Gasteiger partial charge in [0.05, 0.1) is 5.69 Å². The second-order valence-electron chi connectivity index (χ2n) is 5.84. The average molecular weight is 384 g/mol. The molecule has 0 aliphatic carbocycles. The van der Waals surface area contributed by atoms with Gasteiger partial charge in [-0.05, 0) is 26.3 Å². The second kappa shape index (κ2) is 6.86. The monoisotopic (exact) mass is 383 g/mol. The van der Waals surface area contributed by atoms with Crippen molar-refractivity contribution in [2.45, 2.75) is 31.6 Å². The molecule has 3 aromatic heterocycles. The SMILES string of the molecule is Cc1nc(SCc2csc(-c3ccccc3)n2)c2c(C)c(C)sc2n1. The fraction of sp³-hybridized carbons (Fsp3) is 0.211. The van der Waals surface area contributed by atoms with Gasteiger partial charge in [0.15, 0.2) is 0 Å². The highest BCUT2D eigenvalue weighted by atomic mass is 32.2. The summed E-state index contributed by atoms with van der Waals surface area (Å²) in [6.07, 6.45) is 0. The van der Waals surface area contributed by atoms with Crippen LogP contribution in [0.2, 0.25) is 0 Å². The Labute approximate surface area is 159 Å². The van der Waals surface area contributed by atoms with Gasteiger partial charge in [-0.2, -0.15) is 0 Å². The molecule has 25 heavy (non-hydrogen) atoms. The molecule has 0 saturated heterocycles. The first kappa shape index (κ1) is 16.7. The lowest BCUT2D eigenvalue weighted by Gasteiger charge is -2.04. The van der Waals surface area contributed by atoms with E-state index in [4.69, 9.17) is 4.98 Å². The van der Waals surface area contributed by atoms with Crippen LogP contribution in [0.3, 0.4) is 0 Å². The molecule has 0 fully saturated rings. The first-order valence-electron chi connectivity index (χ1n) is 7.99. The number of hydrogen-bond donors (Lipinski definition) is 0. The van der Waals surface area contributed by atoms with Gasteiger partial charge in [-0.15, -0.1) is 22.7 Å². The minimum atomic E-state index is 0.823. The molecule has 1 aromatic carbocycles. The van der Waals surface area contributed by atoms with Gasteiger partial charge in [-0.25, -0.2) is 15.0 Å². The maximum Gasteiger partial charge on any atom is 0.128 e. The Bertz CT molecular complexity index is 1030. The summed E-state index contributed by atoms with van der Waals surface area (Å²) in [7, 11) is 0. The van der Waals surface area contributed by atoms with Crippen LogP contribution in [-0.4, -0.2) is 15.0 Å². The van der Waals surface area contributed by atoms with Gasteiger partial charge in [0.1, 0.15) is 20.7 Å². The van der Waals surface area contributed by atoms with Crippen molar-refractivity contribution in [3.05, 3.63) is 57.7 Å². The van der Waals surface area contributed by atoms with Crippen molar-refractivity contribution in [3.8, 4) is 10.6 Å². The molecule has 0 aliphatic rings. The van der Waals surface area contributed by atoms with Crippen molar-refractivity contribution in [2.24, 2.45) is 0 Å². The highest BCUT2D eigenvalue weighted by Gasteiger charge is 2.14. The summed E-state index contributed by atoms with van der Waals surface area (Å²) >= 11 is 5.20. The van der Waals surface area contributed by atoms with Crippen LogP contribution >= 0.6 is 34.4 Å². The van der Waals surface area contributed by atoms with Crippen molar-refractivity contribution in [3.63, 3.8) is 0 Å². The summed E-state index contributed by atoms with van der Waals surface area (Å²) < 4.78 is 0. The Hall–Kier alpha value is -1.76. The minimum absolute atomic E-state index is 0.823. The molecule has 0 aliphatic heterocycles. The molecule has 4 rings (SSSR count). The summed E-state index contributed by atoms with van der Waals surface area (Å²) in [5, 5.41) is 5.49. The topological polar surface area (TPSA) is 38.7 Å². The van der Waals surface area contributed by atoms with E-state index in [0.717, 1.165) is 32.1 Å². The molecule has 0 bridgehead atoms. The van der Waals surface area contributed by atoms with Crippen molar-refractivity contribution < 1.29 is 0 Å². The number of nitrogens with zero attached hydrogens (tertiary/aromatic N) is 3. The quantitative estimate of drug-likeness (QED) is 0.318. The van der Waals surface area contributed by atoms with Crippen LogP contribution < -0.4 is 0 Å². The largest absolute Gasteiger partial charge is 0.240 e. The number of thiazole rings is 1. The molecule has 0 amide bonds. The maximum absolute atomic E-state index is 4.78. The van der Waals surface area contributed by atoms with Crippen LogP contribution in [0.15, 0.2) is 40.7 Å². The predicted molar refractivity (Wildman–Crippen MR) is 109 cm³/mol. The molecule has 4 aromatic rings. The zero-order valence-electron chi connectivity index (χ0n) is 14.2. The van der Waals surface area contributed by atoms with E-state index in [9.17, 15) is 0 Å². The van der Waals surface area contributed by atoms with E-state index in [-0.39, 0.29) is 0 Å². The van der Waals surface area contributed by atoms with Gasteiger partial charge in [-0.1, -0.05) is 42.1 Å². The third-order valence-corrected chi connectivity index (χ3v) is 7.09. The molecular formula is C19H17N3S3. The molecule has 126 valence electrons. The molecule has 0 radical (unpaired) electrons. The lowest BCUT2D eigenvalue weighted by molar-refractivity contribution is 1.01. The fourth-order valence-corrected chi connectivity index (χ4v) is 5.74. The molecule has 0 spiro atoms. The Morgan fingerprint density at radius 1 is 1.00 bits per heavy atom. The molecule has 3 nitrogen and oxygen atoms in total. The number of hydrogen-bond acceptors (Lipinski definition) is 6. The van der Waals surface area contributed by atoms with Crippen LogP contribution in [0.5, 0.6) is 0 Å². The van der Waals surface area contributed by atoms with Crippen molar-refractivity contribution in [1.82, 2.24) is 15.0 Å². The van der Waals surface area contributed by atoms with E-state index in [1.54, 1.807) is 34.4 Å². The molecule has 0 unspecified atom stereocenters. The lowest BCUT2D eigenvalue weighted by atomic mass is 10.2. The summed E-state index contributed by atoms with van der Waals surface area (Å²) in [6.45, 7) is 6.27. The van der Waals surface area contributed by atoms with Crippen molar-refractivity contribution in [2.75, 3.05) is 0 Å². The Kier molecular flexibility index (Phi) is 4.58. The number of fused-ring (bicyclic) bond motifs is 1. The second-order valence-corrected chi connectivity index (χ2v) is 8.86. The Balaban J connectivity index is 1.60. The first-order chi connectivity index (χ1) is 12.1. The van der Waals surface area contributed by atoms with Gasteiger partial charge in [0, 0.05) is 27.0 Å². The number of aryl methyl sites for hydroxylation is 3. The predicted octanol–water partition coefficient (Wildman–Crippen LogP) is 6.03. The van der Waals surface area contributed by atoms with Gasteiger partial charge in [0.2, 0.25) is 0 Å². The smallest absolute Gasteiger partial charge is 0.128 e. The van der Waals surface area contributed by atoms with E-state index in [0.29, 0.717) is 0 Å². The summed E-state index contributed by atoms with van der Waals surface area (Å²) in [5.41, 5.74) is 3.57. The van der Waals surface area contributed by atoms with E-state index in [1.807, 2.05) is 25.1 Å². The average Bonchev–Trinajstić information content (AvgIpc) is 3.19. The van der Waals surface area contributed by atoms with E-state index >= 15 is 0 Å². The normalized spacial score (nSPS) is 11.3. The molecular weight excluding hydrogens is 366 g/mol. The van der Waals surface area contributed by atoms with Gasteiger partial charge in [0.25, 0.3) is 0 Å². The summed E-state index contributed by atoms with van der Waals surface area (Å²) in [4.78, 5) is 16.5. The number of thiophene rings is 1. The number of thioether (sulfide) groups is 1. The zero-order chi connectivity index (χ0) is 17.4. The third-order valence-electron chi connectivity index (χ3n) is 4.04. The maximum atomic E-state index is 4.78. The molecule has 6 heteroatoms. The van der Waals surface area contributed by atoms with E-state index < -0.39 is 0 Å². The van der Waals surface area contributed by atoms with Crippen LogP contribution in [0.25, 0.3) is 20.8 Å². The van der Waals surface area contributed by atoms with Crippen LogP contribution in [0.4, 0.5) is 0 Å². The Morgan fingerprint density at radius 2 is 1.80 bits per heavy atom. The standard InChI is InChI=1S/C19H17N3S3/c1-11-12(2)25-19-16(11)18(20-13(3)21-19)24-10-15-9-23-17(22-15)14-7-5-4-6-8-14/h4-9H,10H2,1-3H3. The summed E-state index contributed by atoms with van der Waals surface area (Å²) in [6, 6.07) is 10.3. The number of benzene rings is 1.